The summed E-state index contributed by atoms with van der Waals surface area (Å²) in [5.74, 6) is -2.28. The molecule has 0 aliphatic heterocycles. The van der Waals surface area contributed by atoms with Gasteiger partial charge in [0.1, 0.15) is 23.9 Å². The van der Waals surface area contributed by atoms with Crippen molar-refractivity contribution in [3.8, 4) is 5.75 Å². The second-order valence-corrected chi connectivity index (χ2v) is 11.1. The molecule has 218 valence electrons. The van der Waals surface area contributed by atoms with Crippen LogP contribution in [0.3, 0.4) is 0 Å². The fraction of sp³-hybridized carbons (Fsp3) is 0.448. The Morgan fingerprint density at radius 3 is 1.93 bits per heavy atom. The molecule has 4 unspecified atom stereocenters. The van der Waals surface area contributed by atoms with Crippen LogP contribution in [0.25, 0.3) is 0 Å². The number of phenols is 1. The Bertz CT molecular complexity index is 1110. The van der Waals surface area contributed by atoms with Crippen LogP contribution in [-0.4, -0.2) is 70.1 Å². The van der Waals surface area contributed by atoms with Gasteiger partial charge in [-0.25, -0.2) is 4.79 Å². The van der Waals surface area contributed by atoms with Crippen molar-refractivity contribution in [2.75, 3.05) is 12.0 Å². The molecule has 0 aliphatic carbocycles. The van der Waals surface area contributed by atoms with Gasteiger partial charge >= 0.3 is 5.97 Å². The van der Waals surface area contributed by atoms with Crippen molar-refractivity contribution in [3.05, 3.63) is 65.7 Å². The molecule has 0 bridgehead atoms. The highest BCUT2D eigenvalue weighted by atomic mass is 32.2. The van der Waals surface area contributed by atoms with E-state index in [2.05, 4.69) is 16.0 Å². The van der Waals surface area contributed by atoms with E-state index < -0.39 is 47.9 Å². The van der Waals surface area contributed by atoms with Gasteiger partial charge in [-0.05, 0) is 60.4 Å². The Kier molecular flexibility index (Phi) is 13.5. The topological polar surface area (TPSA) is 171 Å². The van der Waals surface area contributed by atoms with Crippen LogP contribution in [0, 0.1) is 5.92 Å². The fourth-order valence-electron chi connectivity index (χ4n) is 4.06. The zero-order valence-corrected chi connectivity index (χ0v) is 23.9. The maximum atomic E-state index is 13.4. The van der Waals surface area contributed by atoms with E-state index in [0.717, 1.165) is 5.56 Å². The SMILES string of the molecule is CSCCC(NC(=O)C(N)Cc1ccccc1)C(=O)NC(Cc1ccc(O)cc1)C(=O)NC(CC(C)C)C(=O)O. The molecule has 0 heterocycles. The Hall–Kier alpha value is -3.57. The Morgan fingerprint density at radius 2 is 1.35 bits per heavy atom. The number of thioether (sulfide) groups is 1. The summed E-state index contributed by atoms with van der Waals surface area (Å²) in [6.45, 7) is 3.69. The summed E-state index contributed by atoms with van der Waals surface area (Å²) >= 11 is 1.50. The minimum absolute atomic E-state index is 0.0118. The zero-order chi connectivity index (χ0) is 29.7. The van der Waals surface area contributed by atoms with Crippen molar-refractivity contribution in [1.82, 2.24) is 16.0 Å². The highest BCUT2D eigenvalue weighted by Crippen LogP contribution is 2.13. The Morgan fingerprint density at radius 1 is 0.800 bits per heavy atom. The van der Waals surface area contributed by atoms with Gasteiger partial charge in [-0.15, -0.1) is 0 Å². The maximum absolute atomic E-state index is 13.4. The fourth-order valence-corrected chi connectivity index (χ4v) is 4.53. The first-order valence-corrected chi connectivity index (χ1v) is 14.6. The van der Waals surface area contributed by atoms with Crippen molar-refractivity contribution in [2.24, 2.45) is 11.7 Å². The number of carboxylic acid groups (broad SMARTS) is 1. The van der Waals surface area contributed by atoms with E-state index in [1.54, 1.807) is 12.1 Å². The standard InChI is InChI=1S/C29H40N4O6S/c1-18(2)15-25(29(38)39)33-28(37)24(17-20-9-11-21(34)12-10-20)32-27(36)23(13-14-40-3)31-26(35)22(30)16-19-7-5-4-6-8-19/h4-12,18,22-25,34H,13-17,30H2,1-3H3,(H,31,35)(H,32,36)(H,33,37)(H,38,39). The third kappa shape index (κ3) is 11.3. The third-order valence-corrected chi connectivity index (χ3v) is 6.85. The molecule has 10 nitrogen and oxygen atoms in total. The van der Waals surface area contributed by atoms with Gasteiger partial charge in [-0.2, -0.15) is 11.8 Å². The number of aliphatic carboxylic acids is 1. The molecule has 2 aromatic rings. The lowest BCUT2D eigenvalue weighted by molar-refractivity contribution is -0.142. The van der Waals surface area contributed by atoms with E-state index in [-0.39, 0.29) is 24.5 Å². The van der Waals surface area contributed by atoms with Crippen LogP contribution in [0.2, 0.25) is 0 Å². The van der Waals surface area contributed by atoms with Crippen LogP contribution in [0.4, 0.5) is 0 Å². The van der Waals surface area contributed by atoms with Crippen molar-refractivity contribution in [1.29, 1.82) is 0 Å². The molecule has 0 saturated heterocycles. The molecule has 0 spiro atoms. The number of nitrogens with one attached hydrogen (secondary N) is 3. The van der Waals surface area contributed by atoms with Crippen LogP contribution in [-0.2, 0) is 32.0 Å². The number of hydrogen-bond acceptors (Lipinski definition) is 7. The van der Waals surface area contributed by atoms with Crippen LogP contribution in [0.5, 0.6) is 5.75 Å². The van der Waals surface area contributed by atoms with Gasteiger partial charge in [0.25, 0.3) is 0 Å². The largest absolute Gasteiger partial charge is 0.508 e. The van der Waals surface area contributed by atoms with Crippen molar-refractivity contribution in [3.63, 3.8) is 0 Å². The predicted octanol–water partition coefficient (Wildman–Crippen LogP) is 1.84. The second kappa shape index (κ2) is 16.5. The minimum Gasteiger partial charge on any atom is -0.508 e. The van der Waals surface area contributed by atoms with E-state index in [1.165, 1.54) is 23.9 Å². The molecule has 7 N–H and O–H groups in total. The van der Waals surface area contributed by atoms with Crippen molar-refractivity contribution in [2.45, 2.75) is 63.7 Å². The van der Waals surface area contributed by atoms with Gasteiger partial charge in [-0.3, -0.25) is 14.4 Å². The molecule has 0 fully saturated rings. The highest BCUT2D eigenvalue weighted by Gasteiger charge is 2.30. The van der Waals surface area contributed by atoms with E-state index in [9.17, 15) is 29.4 Å². The van der Waals surface area contributed by atoms with Gasteiger partial charge in [-0.1, -0.05) is 56.3 Å². The summed E-state index contributed by atoms with van der Waals surface area (Å²) in [5.41, 5.74) is 7.65. The van der Waals surface area contributed by atoms with Gasteiger partial charge in [0.15, 0.2) is 0 Å². The number of carbonyl (C=O) groups excluding carboxylic acids is 3. The lowest BCUT2D eigenvalue weighted by Crippen LogP contribution is -2.58. The van der Waals surface area contributed by atoms with Gasteiger partial charge in [0.05, 0.1) is 6.04 Å². The molecule has 2 aromatic carbocycles. The summed E-state index contributed by atoms with van der Waals surface area (Å²) in [7, 11) is 0. The van der Waals surface area contributed by atoms with E-state index >= 15 is 0 Å². The number of aromatic hydroxyl groups is 1. The number of amides is 3. The second-order valence-electron chi connectivity index (χ2n) is 10.1. The monoisotopic (exact) mass is 572 g/mol. The smallest absolute Gasteiger partial charge is 0.326 e. The molecule has 4 atom stereocenters. The molecule has 11 heteroatoms. The van der Waals surface area contributed by atoms with Crippen LogP contribution >= 0.6 is 11.8 Å². The average Bonchev–Trinajstić information content (AvgIpc) is 2.91. The molecular weight excluding hydrogens is 532 g/mol. The lowest BCUT2D eigenvalue weighted by atomic mass is 10.0. The normalized spacial score (nSPS) is 14.0. The summed E-state index contributed by atoms with van der Waals surface area (Å²) in [6.07, 6.45) is 2.73. The highest BCUT2D eigenvalue weighted by molar-refractivity contribution is 7.98. The van der Waals surface area contributed by atoms with E-state index in [0.29, 0.717) is 24.2 Å². The number of carboxylic acids is 1. The van der Waals surface area contributed by atoms with Crippen molar-refractivity contribution < 1.29 is 29.4 Å². The molecule has 40 heavy (non-hydrogen) atoms. The first-order chi connectivity index (χ1) is 19.0. The van der Waals surface area contributed by atoms with Gasteiger partial charge < -0.3 is 31.9 Å². The number of rotatable bonds is 16. The van der Waals surface area contributed by atoms with Gasteiger partial charge in [0, 0.05) is 6.42 Å². The Balaban J connectivity index is 2.21. The molecule has 3 amide bonds. The quantitative estimate of drug-likeness (QED) is 0.177. The summed E-state index contributed by atoms with van der Waals surface area (Å²) < 4.78 is 0. The first kappa shape index (κ1) is 32.6. The molecule has 0 radical (unpaired) electrons. The molecule has 2 rings (SSSR count). The van der Waals surface area contributed by atoms with Crippen LogP contribution in [0.1, 0.15) is 37.8 Å². The molecule has 0 aliphatic rings. The summed E-state index contributed by atoms with van der Waals surface area (Å²) in [6, 6.07) is 11.3. The van der Waals surface area contributed by atoms with Crippen LogP contribution < -0.4 is 21.7 Å². The summed E-state index contributed by atoms with van der Waals surface area (Å²) in [5, 5.41) is 27.2. The average molecular weight is 573 g/mol. The number of nitrogens with two attached hydrogens (primary N) is 1. The first-order valence-electron chi connectivity index (χ1n) is 13.2. The predicted molar refractivity (Wildman–Crippen MR) is 156 cm³/mol. The molecule has 0 saturated carbocycles. The van der Waals surface area contributed by atoms with E-state index in [4.69, 9.17) is 5.73 Å². The molecular formula is C29H40N4O6S. The lowest BCUT2D eigenvalue weighted by Gasteiger charge is -2.26. The number of benzene rings is 2. The van der Waals surface area contributed by atoms with Crippen LogP contribution in [0.15, 0.2) is 54.6 Å². The number of phenolic OH excluding ortho intramolecular Hbond substituents is 1. The summed E-state index contributed by atoms with van der Waals surface area (Å²) in [4.78, 5) is 51.3. The van der Waals surface area contributed by atoms with E-state index in [1.807, 2.05) is 50.4 Å². The Labute approximate surface area is 239 Å². The third-order valence-electron chi connectivity index (χ3n) is 6.21. The molecule has 0 aromatic heterocycles. The van der Waals surface area contributed by atoms with Crippen molar-refractivity contribution >= 4 is 35.5 Å². The minimum atomic E-state index is -1.17. The van der Waals surface area contributed by atoms with Gasteiger partial charge in [0.2, 0.25) is 17.7 Å². The number of carbonyl (C=O) groups is 4. The zero-order valence-electron chi connectivity index (χ0n) is 23.1. The number of hydrogen-bond donors (Lipinski definition) is 6. The maximum Gasteiger partial charge on any atom is 0.326 e.